The standard InChI is InChI=1S/C24H27F3N2O2/c1-15-10-16(2)12-19(11-15)23(31)29-9-8-21(28-17(3)30)14-22(29)13-18-4-6-20(7-5-18)24(25,26)27/h4-7,10-12,21-22H,8-9,13-14H2,1-3H3,(H,28,30)/t21-,22+/m0/s1. The number of rotatable bonds is 4. The summed E-state index contributed by atoms with van der Waals surface area (Å²) in [6.07, 6.45) is -2.77. The second-order valence-electron chi connectivity index (χ2n) is 8.35. The van der Waals surface area contributed by atoms with Crippen molar-refractivity contribution in [3.63, 3.8) is 0 Å². The number of alkyl halides is 3. The molecule has 2 aromatic rings. The Bertz CT molecular complexity index is 934. The van der Waals surface area contributed by atoms with Crippen LogP contribution in [-0.4, -0.2) is 35.3 Å². The molecule has 1 saturated heterocycles. The normalized spacial score (nSPS) is 19.2. The zero-order valence-electron chi connectivity index (χ0n) is 17.9. The summed E-state index contributed by atoms with van der Waals surface area (Å²) in [6.45, 7) is 5.80. The highest BCUT2D eigenvalue weighted by atomic mass is 19.4. The lowest BCUT2D eigenvalue weighted by Gasteiger charge is -2.40. The molecule has 0 bridgehead atoms. The van der Waals surface area contributed by atoms with Gasteiger partial charge in [0.15, 0.2) is 0 Å². The van der Waals surface area contributed by atoms with Gasteiger partial charge < -0.3 is 10.2 Å². The topological polar surface area (TPSA) is 49.4 Å². The number of nitrogens with zero attached hydrogens (tertiary/aromatic N) is 1. The molecule has 3 rings (SSSR count). The molecule has 2 amide bonds. The van der Waals surface area contributed by atoms with Crippen LogP contribution in [0.5, 0.6) is 0 Å². The molecule has 1 heterocycles. The number of hydrogen-bond donors (Lipinski definition) is 1. The quantitative estimate of drug-likeness (QED) is 0.763. The number of hydrogen-bond acceptors (Lipinski definition) is 2. The number of likely N-dealkylation sites (tertiary alicyclic amines) is 1. The van der Waals surface area contributed by atoms with Gasteiger partial charge >= 0.3 is 6.18 Å². The first-order chi connectivity index (χ1) is 14.5. The van der Waals surface area contributed by atoms with Crippen LogP contribution in [0.15, 0.2) is 42.5 Å². The minimum atomic E-state index is -4.38. The lowest BCUT2D eigenvalue weighted by atomic mass is 9.91. The molecule has 0 aliphatic carbocycles. The van der Waals surface area contributed by atoms with E-state index in [1.807, 2.05) is 32.0 Å². The molecule has 31 heavy (non-hydrogen) atoms. The summed E-state index contributed by atoms with van der Waals surface area (Å²) in [4.78, 5) is 26.6. The van der Waals surface area contributed by atoms with Gasteiger partial charge in [0.25, 0.3) is 5.91 Å². The summed E-state index contributed by atoms with van der Waals surface area (Å²) in [6, 6.07) is 10.5. The van der Waals surface area contributed by atoms with E-state index >= 15 is 0 Å². The number of nitrogens with one attached hydrogen (secondary N) is 1. The van der Waals surface area contributed by atoms with Crippen molar-refractivity contribution in [3.8, 4) is 0 Å². The van der Waals surface area contributed by atoms with E-state index in [0.717, 1.165) is 28.8 Å². The molecule has 1 N–H and O–H groups in total. The van der Waals surface area contributed by atoms with E-state index in [2.05, 4.69) is 5.32 Å². The largest absolute Gasteiger partial charge is 0.416 e. The van der Waals surface area contributed by atoms with Crippen LogP contribution in [0.2, 0.25) is 0 Å². The molecule has 2 atom stereocenters. The van der Waals surface area contributed by atoms with Gasteiger partial charge in [-0.25, -0.2) is 0 Å². The third-order valence-electron chi connectivity index (χ3n) is 5.61. The van der Waals surface area contributed by atoms with Gasteiger partial charge in [-0.1, -0.05) is 29.3 Å². The Morgan fingerprint density at radius 1 is 1.06 bits per heavy atom. The van der Waals surface area contributed by atoms with Crippen LogP contribution in [-0.2, 0) is 17.4 Å². The summed E-state index contributed by atoms with van der Waals surface area (Å²) in [5.41, 5.74) is 2.62. The fourth-order valence-electron chi connectivity index (χ4n) is 4.30. The van der Waals surface area contributed by atoms with Crippen molar-refractivity contribution in [2.45, 2.75) is 58.3 Å². The van der Waals surface area contributed by atoms with Crippen molar-refractivity contribution < 1.29 is 22.8 Å². The Balaban J connectivity index is 1.84. The van der Waals surface area contributed by atoms with Gasteiger partial charge in [0.2, 0.25) is 5.91 Å². The lowest BCUT2D eigenvalue weighted by Crippen LogP contribution is -2.52. The zero-order valence-corrected chi connectivity index (χ0v) is 17.9. The highest BCUT2D eigenvalue weighted by Crippen LogP contribution is 2.30. The molecule has 2 aromatic carbocycles. The molecule has 1 aliphatic heterocycles. The predicted molar refractivity (Wildman–Crippen MR) is 113 cm³/mol. The molecule has 7 heteroatoms. The van der Waals surface area contributed by atoms with Gasteiger partial charge in [0.1, 0.15) is 0 Å². The summed E-state index contributed by atoms with van der Waals surface area (Å²) in [5.74, 6) is -0.225. The SMILES string of the molecule is CC(=O)N[C@H]1CCN(C(=O)c2cc(C)cc(C)c2)[C@H](Cc2ccc(C(F)(F)F)cc2)C1. The molecule has 0 spiro atoms. The van der Waals surface area contributed by atoms with Crippen molar-refractivity contribution in [1.82, 2.24) is 10.2 Å². The highest BCUT2D eigenvalue weighted by molar-refractivity contribution is 5.95. The second-order valence-corrected chi connectivity index (χ2v) is 8.35. The van der Waals surface area contributed by atoms with Crippen molar-refractivity contribution >= 4 is 11.8 Å². The fraction of sp³-hybridized carbons (Fsp3) is 0.417. The van der Waals surface area contributed by atoms with Crippen LogP contribution in [0.1, 0.15) is 52.4 Å². The first-order valence-electron chi connectivity index (χ1n) is 10.4. The Morgan fingerprint density at radius 2 is 1.68 bits per heavy atom. The van der Waals surface area contributed by atoms with Crippen LogP contribution < -0.4 is 5.32 Å². The van der Waals surface area contributed by atoms with Gasteiger partial charge in [-0.2, -0.15) is 13.2 Å². The average Bonchev–Trinajstić information content (AvgIpc) is 2.66. The van der Waals surface area contributed by atoms with Crippen LogP contribution in [0.4, 0.5) is 13.2 Å². The van der Waals surface area contributed by atoms with Gasteiger partial charge in [-0.3, -0.25) is 9.59 Å². The molecule has 166 valence electrons. The summed E-state index contributed by atoms with van der Waals surface area (Å²) in [7, 11) is 0. The van der Waals surface area contributed by atoms with E-state index in [0.29, 0.717) is 31.4 Å². The molecule has 1 aliphatic rings. The maximum Gasteiger partial charge on any atom is 0.416 e. The first-order valence-corrected chi connectivity index (χ1v) is 10.4. The molecular weight excluding hydrogens is 405 g/mol. The zero-order chi connectivity index (χ0) is 22.8. The fourth-order valence-corrected chi connectivity index (χ4v) is 4.30. The molecule has 0 aromatic heterocycles. The molecule has 0 unspecified atom stereocenters. The summed E-state index contributed by atoms with van der Waals surface area (Å²) < 4.78 is 38.6. The van der Waals surface area contributed by atoms with Crippen molar-refractivity contribution in [1.29, 1.82) is 0 Å². The maximum atomic E-state index is 13.3. The molecule has 0 saturated carbocycles. The Morgan fingerprint density at radius 3 is 2.23 bits per heavy atom. The number of amides is 2. The molecular formula is C24H27F3N2O2. The number of carbonyl (C=O) groups is 2. The van der Waals surface area contributed by atoms with E-state index in [1.54, 1.807) is 4.90 Å². The number of carbonyl (C=O) groups excluding carboxylic acids is 2. The van der Waals surface area contributed by atoms with E-state index in [-0.39, 0.29) is 23.9 Å². The minimum Gasteiger partial charge on any atom is -0.353 e. The first kappa shape index (κ1) is 22.8. The predicted octanol–water partition coefficient (Wildman–Crippen LogP) is 4.67. The molecule has 4 nitrogen and oxygen atoms in total. The lowest BCUT2D eigenvalue weighted by molar-refractivity contribution is -0.137. The van der Waals surface area contributed by atoms with E-state index in [4.69, 9.17) is 0 Å². The average molecular weight is 432 g/mol. The second kappa shape index (κ2) is 9.12. The van der Waals surface area contributed by atoms with E-state index in [9.17, 15) is 22.8 Å². The number of halogens is 3. The maximum absolute atomic E-state index is 13.3. The van der Waals surface area contributed by atoms with Crippen LogP contribution >= 0.6 is 0 Å². The third-order valence-corrected chi connectivity index (χ3v) is 5.61. The monoisotopic (exact) mass is 432 g/mol. The van der Waals surface area contributed by atoms with Gasteiger partial charge in [-0.05, 0) is 62.9 Å². The summed E-state index contributed by atoms with van der Waals surface area (Å²) >= 11 is 0. The number of benzene rings is 2. The van der Waals surface area contributed by atoms with Gasteiger partial charge in [0, 0.05) is 31.1 Å². The number of piperidine rings is 1. The van der Waals surface area contributed by atoms with E-state index < -0.39 is 11.7 Å². The molecule has 0 radical (unpaired) electrons. The van der Waals surface area contributed by atoms with Gasteiger partial charge in [-0.15, -0.1) is 0 Å². The highest BCUT2D eigenvalue weighted by Gasteiger charge is 2.33. The van der Waals surface area contributed by atoms with E-state index in [1.165, 1.54) is 19.1 Å². The van der Waals surface area contributed by atoms with Crippen molar-refractivity contribution in [2.75, 3.05) is 6.54 Å². The third kappa shape index (κ3) is 5.87. The molecule has 1 fully saturated rings. The van der Waals surface area contributed by atoms with Crippen LogP contribution in [0, 0.1) is 13.8 Å². The summed E-state index contributed by atoms with van der Waals surface area (Å²) in [5, 5.41) is 2.92. The van der Waals surface area contributed by atoms with Gasteiger partial charge in [0.05, 0.1) is 5.56 Å². The van der Waals surface area contributed by atoms with Crippen molar-refractivity contribution in [2.24, 2.45) is 0 Å². The minimum absolute atomic E-state index is 0.0692. The van der Waals surface area contributed by atoms with Crippen LogP contribution in [0.3, 0.4) is 0 Å². The Kier molecular flexibility index (Phi) is 6.72. The van der Waals surface area contributed by atoms with Crippen LogP contribution in [0.25, 0.3) is 0 Å². The Hall–Kier alpha value is -2.83. The smallest absolute Gasteiger partial charge is 0.353 e. The van der Waals surface area contributed by atoms with Crippen molar-refractivity contribution in [3.05, 3.63) is 70.3 Å². The Labute approximate surface area is 180 Å². The number of aryl methyl sites for hydroxylation is 2.